The summed E-state index contributed by atoms with van der Waals surface area (Å²) in [5.41, 5.74) is 4.45. The molecule has 1 radical (unpaired) electrons. The van der Waals surface area contributed by atoms with Gasteiger partial charge in [0.2, 0.25) is 0 Å². The molecular formula is C16H21NOSSi+. The molecule has 2 nitrogen and oxygen atoms in total. The highest BCUT2D eigenvalue weighted by molar-refractivity contribution is 7.12. The van der Waals surface area contributed by atoms with Crippen molar-refractivity contribution >= 4 is 31.8 Å². The molecule has 2 aromatic rings. The van der Waals surface area contributed by atoms with Gasteiger partial charge in [-0.05, 0) is 68.6 Å². The molecule has 20 heavy (non-hydrogen) atoms. The lowest BCUT2D eigenvalue weighted by Gasteiger charge is -2.12. The fraction of sp³-hybridized carbons (Fsp3) is 0.312. The van der Waals surface area contributed by atoms with Crippen molar-refractivity contribution in [1.82, 2.24) is 0 Å². The van der Waals surface area contributed by atoms with Crippen LogP contribution in [0.5, 0.6) is 5.75 Å². The maximum atomic E-state index is 5.97. The Hall–Kier alpha value is -1.39. The molecule has 0 atom stereocenters. The van der Waals surface area contributed by atoms with Crippen molar-refractivity contribution in [3.05, 3.63) is 45.6 Å². The van der Waals surface area contributed by atoms with Crippen LogP contribution >= 0.6 is 11.3 Å². The van der Waals surface area contributed by atoms with Crippen LogP contribution < -0.4 is 4.43 Å². The second-order valence-electron chi connectivity index (χ2n) is 5.11. The average Bonchev–Trinajstić information content (AvgIpc) is 2.78. The summed E-state index contributed by atoms with van der Waals surface area (Å²) in [6.45, 7) is 10.5. The summed E-state index contributed by atoms with van der Waals surface area (Å²) in [4.78, 5) is 6.02. The number of benzene rings is 1. The minimum absolute atomic E-state index is 0. The van der Waals surface area contributed by atoms with E-state index in [1.807, 2.05) is 6.07 Å². The molecule has 0 N–H and O–H groups in total. The molecule has 0 aliphatic carbocycles. The molecule has 0 fully saturated rings. The second-order valence-corrected chi connectivity index (χ2v) is 8.05. The minimum Gasteiger partial charge on any atom is -0.541 e. The fourth-order valence-electron chi connectivity index (χ4n) is 1.99. The SMILES string of the molecule is CC(=Nc1ccc(C)cc1O[Si](C)C)c1sccc1C.[H+]. The summed E-state index contributed by atoms with van der Waals surface area (Å²) in [7, 11) is -0.789. The van der Waals surface area contributed by atoms with Gasteiger partial charge in [0.05, 0.1) is 10.6 Å². The topological polar surface area (TPSA) is 21.6 Å². The van der Waals surface area contributed by atoms with Gasteiger partial charge in [0.1, 0.15) is 11.4 Å². The van der Waals surface area contributed by atoms with Gasteiger partial charge >= 0.3 is 1.43 Å². The molecule has 0 saturated carbocycles. The standard InChI is InChI=1S/C16H20NOSSi/c1-11-6-7-14(15(10-11)18-20(4)5)17-13(3)16-12(2)8-9-19-16/h6-10H,1-5H3/p+1. The van der Waals surface area contributed by atoms with E-state index in [-0.39, 0.29) is 1.43 Å². The molecule has 0 unspecified atom stereocenters. The Bertz CT molecular complexity index is 637. The minimum atomic E-state index is -0.789. The molecular weight excluding hydrogens is 282 g/mol. The number of aliphatic imine (C=N–C) groups is 1. The largest absolute Gasteiger partial charge is 1.00 e. The van der Waals surface area contributed by atoms with Crippen LogP contribution in [0.3, 0.4) is 0 Å². The first-order valence-electron chi connectivity index (χ1n) is 6.66. The summed E-state index contributed by atoms with van der Waals surface area (Å²) in [6.07, 6.45) is 0. The number of hydrogen-bond acceptors (Lipinski definition) is 3. The van der Waals surface area contributed by atoms with E-state index < -0.39 is 9.04 Å². The molecule has 4 heteroatoms. The van der Waals surface area contributed by atoms with E-state index >= 15 is 0 Å². The van der Waals surface area contributed by atoms with Crippen LogP contribution in [0.4, 0.5) is 5.69 Å². The van der Waals surface area contributed by atoms with Crippen molar-refractivity contribution in [2.24, 2.45) is 4.99 Å². The second kappa shape index (κ2) is 6.37. The Balaban J connectivity index is 0.00000220. The number of thiophene rings is 1. The van der Waals surface area contributed by atoms with Gasteiger partial charge < -0.3 is 4.43 Å². The van der Waals surface area contributed by atoms with Crippen molar-refractivity contribution in [3.63, 3.8) is 0 Å². The van der Waals surface area contributed by atoms with E-state index in [2.05, 4.69) is 57.4 Å². The average molecular weight is 304 g/mol. The van der Waals surface area contributed by atoms with Gasteiger partial charge in [0, 0.05) is 0 Å². The van der Waals surface area contributed by atoms with E-state index in [1.165, 1.54) is 16.0 Å². The molecule has 0 aliphatic heterocycles. The number of aryl methyl sites for hydroxylation is 2. The molecule has 1 aromatic heterocycles. The third-order valence-corrected chi connectivity index (χ3v) is 4.66. The quantitative estimate of drug-likeness (QED) is 0.558. The summed E-state index contributed by atoms with van der Waals surface area (Å²) < 4.78 is 5.97. The maximum absolute atomic E-state index is 5.97. The van der Waals surface area contributed by atoms with Gasteiger partial charge in [0.25, 0.3) is 9.04 Å². The Kier molecular flexibility index (Phi) is 4.78. The third kappa shape index (κ3) is 3.58. The first kappa shape index (κ1) is 15.0. The van der Waals surface area contributed by atoms with E-state index in [4.69, 9.17) is 9.42 Å². The molecule has 0 aliphatic rings. The lowest BCUT2D eigenvalue weighted by Crippen LogP contribution is -2.11. The number of nitrogens with zero attached hydrogens (tertiary/aromatic N) is 1. The van der Waals surface area contributed by atoms with Gasteiger partial charge in [-0.15, -0.1) is 11.3 Å². The van der Waals surface area contributed by atoms with E-state index in [9.17, 15) is 0 Å². The molecule has 0 bridgehead atoms. The predicted molar refractivity (Wildman–Crippen MR) is 91.3 cm³/mol. The van der Waals surface area contributed by atoms with Crippen LogP contribution in [-0.4, -0.2) is 14.8 Å². The Labute approximate surface area is 128 Å². The molecule has 2 rings (SSSR count). The smallest absolute Gasteiger partial charge is 0.541 e. The first-order valence-corrected chi connectivity index (χ1v) is 9.94. The van der Waals surface area contributed by atoms with Crippen LogP contribution in [0.25, 0.3) is 0 Å². The maximum Gasteiger partial charge on any atom is 1.00 e. The van der Waals surface area contributed by atoms with Gasteiger partial charge in [0.15, 0.2) is 0 Å². The van der Waals surface area contributed by atoms with Crippen LogP contribution in [-0.2, 0) is 0 Å². The summed E-state index contributed by atoms with van der Waals surface area (Å²) >= 11 is 1.73. The van der Waals surface area contributed by atoms with Crippen LogP contribution in [0.15, 0.2) is 34.6 Å². The number of rotatable bonds is 4. The van der Waals surface area contributed by atoms with Crippen molar-refractivity contribution in [2.75, 3.05) is 0 Å². The highest BCUT2D eigenvalue weighted by Crippen LogP contribution is 2.30. The zero-order valence-corrected chi connectivity index (χ0v) is 14.5. The van der Waals surface area contributed by atoms with Gasteiger partial charge in [-0.2, -0.15) is 0 Å². The highest BCUT2D eigenvalue weighted by atomic mass is 32.1. The molecule has 105 valence electrons. The van der Waals surface area contributed by atoms with Crippen LogP contribution in [0, 0.1) is 13.8 Å². The fourth-order valence-corrected chi connectivity index (χ4v) is 3.47. The van der Waals surface area contributed by atoms with Gasteiger partial charge in [-0.25, -0.2) is 4.99 Å². The number of hydrogen-bond donors (Lipinski definition) is 0. The van der Waals surface area contributed by atoms with E-state index in [0.29, 0.717) is 0 Å². The first-order chi connectivity index (χ1) is 9.47. The van der Waals surface area contributed by atoms with Crippen molar-refractivity contribution in [2.45, 2.75) is 33.9 Å². The summed E-state index contributed by atoms with van der Waals surface area (Å²) in [5, 5.41) is 2.11. The van der Waals surface area contributed by atoms with Gasteiger partial charge in [-0.1, -0.05) is 6.07 Å². The van der Waals surface area contributed by atoms with E-state index in [1.54, 1.807) is 11.3 Å². The Morgan fingerprint density at radius 1 is 1.25 bits per heavy atom. The normalized spacial score (nSPS) is 12.0. The zero-order valence-electron chi connectivity index (χ0n) is 13.7. The Morgan fingerprint density at radius 2 is 2.00 bits per heavy atom. The summed E-state index contributed by atoms with van der Waals surface area (Å²) in [6, 6.07) is 8.33. The molecule has 1 aromatic carbocycles. The van der Waals surface area contributed by atoms with Crippen molar-refractivity contribution < 1.29 is 5.85 Å². The molecule has 1 heterocycles. The van der Waals surface area contributed by atoms with Crippen LogP contribution in [0.2, 0.25) is 13.1 Å². The zero-order chi connectivity index (χ0) is 14.7. The van der Waals surface area contributed by atoms with E-state index in [0.717, 1.165) is 17.1 Å². The Morgan fingerprint density at radius 3 is 2.60 bits per heavy atom. The highest BCUT2D eigenvalue weighted by Gasteiger charge is 2.09. The van der Waals surface area contributed by atoms with Crippen molar-refractivity contribution in [1.29, 1.82) is 0 Å². The van der Waals surface area contributed by atoms with Gasteiger partial charge in [-0.3, -0.25) is 0 Å². The van der Waals surface area contributed by atoms with Crippen molar-refractivity contribution in [3.8, 4) is 5.75 Å². The molecule has 0 spiro atoms. The monoisotopic (exact) mass is 303 g/mol. The lowest BCUT2D eigenvalue weighted by molar-refractivity contribution is 0.581. The predicted octanol–water partition coefficient (Wildman–Crippen LogP) is 5.25. The molecule has 0 amide bonds. The van der Waals surface area contributed by atoms with Crippen LogP contribution in [0.1, 0.15) is 24.4 Å². The lowest BCUT2D eigenvalue weighted by atomic mass is 10.2. The third-order valence-electron chi connectivity index (χ3n) is 2.91. The summed E-state index contributed by atoms with van der Waals surface area (Å²) in [5.74, 6) is 0.900. The molecule has 0 saturated heterocycles.